The number of benzene rings is 6. The van der Waals surface area contributed by atoms with E-state index in [-0.39, 0.29) is 58.3 Å². The second-order valence-electron chi connectivity index (χ2n) is 15.8. The van der Waals surface area contributed by atoms with Crippen LogP contribution in [-0.2, 0) is 30.3 Å². The van der Waals surface area contributed by atoms with Gasteiger partial charge >= 0.3 is 29.5 Å². The van der Waals surface area contributed by atoms with Crippen molar-refractivity contribution in [1.29, 1.82) is 0 Å². The fourth-order valence-electron chi connectivity index (χ4n) is 7.48. The maximum atomic E-state index is 14.1. The monoisotopic (exact) mass is 944 g/mol. The highest BCUT2D eigenvalue weighted by Crippen LogP contribution is 2.37. The minimum absolute atomic E-state index is 0.0293. The molecular formula is C56H48O14. The largest absolute Gasteiger partial charge is 0.484 e. The molecule has 2 heterocycles. The molecular weight excluding hydrogens is 897 g/mol. The zero-order valence-electron chi connectivity index (χ0n) is 38.0. The fraction of sp³-hybridized carbons (Fsp3) is 0.196. The molecule has 1 saturated heterocycles. The summed E-state index contributed by atoms with van der Waals surface area (Å²) in [7, 11) is 0. The Hall–Kier alpha value is -8.49. The van der Waals surface area contributed by atoms with Crippen molar-refractivity contribution in [1.82, 2.24) is 0 Å². The van der Waals surface area contributed by atoms with Gasteiger partial charge in [0, 0.05) is 6.07 Å². The van der Waals surface area contributed by atoms with Crippen LogP contribution >= 0.6 is 0 Å². The van der Waals surface area contributed by atoms with Crippen molar-refractivity contribution in [3.63, 3.8) is 0 Å². The van der Waals surface area contributed by atoms with Gasteiger partial charge in [-0.15, -0.1) is 0 Å². The first-order valence-electron chi connectivity index (χ1n) is 22.6. The number of fused-ring (bicyclic) bond motifs is 1. The summed E-state index contributed by atoms with van der Waals surface area (Å²) in [5.41, 5.74) is 0.664. The first-order valence-corrected chi connectivity index (χ1v) is 22.6. The lowest BCUT2D eigenvalue weighted by molar-refractivity contribution is -0.275. The van der Waals surface area contributed by atoms with Gasteiger partial charge in [-0.3, -0.25) is 0 Å². The van der Waals surface area contributed by atoms with E-state index in [4.69, 9.17) is 42.3 Å². The SMILES string of the molecule is CCC=CCCOc1c(OCc2ccccc2)c2ccc(O[C@@H]3O[C@H](COC(=O)c4ccccc4)[C@H](OC(=O)c4ccccc4)[C@H](OC(=O)c4ccccc4)[C@H]3OC(=O)c3ccccc3)cc2oc1=O. The van der Waals surface area contributed by atoms with E-state index in [2.05, 4.69) is 0 Å². The van der Waals surface area contributed by atoms with Gasteiger partial charge in [-0.25, -0.2) is 24.0 Å². The summed E-state index contributed by atoms with van der Waals surface area (Å²) >= 11 is 0. The van der Waals surface area contributed by atoms with E-state index in [0.29, 0.717) is 11.8 Å². The number of hydrogen-bond acceptors (Lipinski definition) is 14. The number of carbonyl (C=O) groups excluding carboxylic acids is 4. The Labute approximate surface area is 402 Å². The van der Waals surface area contributed by atoms with Gasteiger partial charge < -0.3 is 42.3 Å². The molecule has 0 aliphatic carbocycles. The minimum Gasteiger partial charge on any atom is -0.484 e. The molecule has 0 saturated carbocycles. The standard InChI is InChI=1S/C56H48O14/c1-2-3-4-20-33-62-49-46(63-35-37-21-10-5-11-22-37)43-32-31-42(34-44(43)66-55(49)61)65-56-50(70-54(60)41-29-18-9-19-30-41)48(69-53(59)40-27-16-8-17-28-40)47(68-52(58)39-25-14-7-15-26-39)45(67-56)36-64-51(57)38-23-12-6-13-24-38/h3-19,21-32,34,45,47-48,50,56H,2,20,33,35-36H2,1H3/t45-,47+,48+,50-,56-/m1/s1. The molecule has 356 valence electrons. The van der Waals surface area contributed by atoms with Gasteiger partial charge in [0.15, 0.2) is 18.0 Å². The Morgan fingerprint density at radius 1 is 0.557 bits per heavy atom. The van der Waals surface area contributed by atoms with Crippen molar-refractivity contribution in [3.05, 3.63) is 220 Å². The van der Waals surface area contributed by atoms with Crippen LogP contribution in [0.1, 0.15) is 66.8 Å². The molecule has 6 aromatic carbocycles. The maximum Gasteiger partial charge on any atom is 0.383 e. The van der Waals surface area contributed by atoms with Gasteiger partial charge in [0.25, 0.3) is 0 Å². The first kappa shape index (κ1) is 48.0. The van der Waals surface area contributed by atoms with Crippen LogP contribution in [0.2, 0.25) is 0 Å². The quantitative estimate of drug-likeness (QED) is 0.0247. The number of hydrogen-bond donors (Lipinski definition) is 0. The predicted octanol–water partition coefficient (Wildman–Crippen LogP) is 9.74. The van der Waals surface area contributed by atoms with Crippen LogP contribution in [0.25, 0.3) is 11.0 Å². The van der Waals surface area contributed by atoms with Crippen LogP contribution in [0, 0.1) is 0 Å². The first-order chi connectivity index (χ1) is 34.2. The van der Waals surface area contributed by atoms with Crippen LogP contribution in [0.5, 0.6) is 17.2 Å². The summed E-state index contributed by atoms with van der Waals surface area (Å²) in [5, 5.41) is 0.367. The minimum atomic E-state index is -1.68. The molecule has 14 heteroatoms. The Bertz CT molecular complexity index is 2940. The lowest BCUT2D eigenvalue weighted by Gasteiger charge is -2.44. The molecule has 0 bridgehead atoms. The van der Waals surface area contributed by atoms with E-state index in [9.17, 15) is 24.0 Å². The molecule has 5 atom stereocenters. The molecule has 1 aliphatic heterocycles. The Kier molecular flexibility index (Phi) is 16.1. The average Bonchev–Trinajstić information content (AvgIpc) is 3.40. The molecule has 0 radical (unpaired) electrons. The van der Waals surface area contributed by atoms with E-state index >= 15 is 0 Å². The molecule has 1 fully saturated rings. The summed E-state index contributed by atoms with van der Waals surface area (Å²) in [4.78, 5) is 69.2. The third-order valence-corrected chi connectivity index (χ3v) is 10.9. The second kappa shape index (κ2) is 23.5. The Morgan fingerprint density at radius 3 is 1.63 bits per heavy atom. The summed E-state index contributed by atoms with van der Waals surface area (Å²) in [5.74, 6) is -3.27. The highest BCUT2D eigenvalue weighted by Gasteiger charge is 2.54. The molecule has 70 heavy (non-hydrogen) atoms. The predicted molar refractivity (Wildman–Crippen MR) is 256 cm³/mol. The Morgan fingerprint density at radius 2 is 1.07 bits per heavy atom. The second-order valence-corrected chi connectivity index (χ2v) is 15.8. The van der Waals surface area contributed by atoms with E-state index in [1.165, 1.54) is 42.5 Å². The highest BCUT2D eigenvalue weighted by molar-refractivity contribution is 5.92. The summed E-state index contributed by atoms with van der Waals surface area (Å²) < 4.78 is 55.4. The topological polar surface area (TPSA) is 172 Å². The lowest BCUT2D eigenvalue weighted by atomic mass is 9.97. The number of esters is 4. The van der Waals surface area contributed by atoms with Crippen molar-refractivity contribution >= 4 is 34.8 Å². The molecule has 0 spiro atoms. The van der Waals surface area contributed by atoms with Crippen molar-refractivity contribution in [2.45, 2.75) is 57.1 Å². The third kappa shape index (κ3) is 12.1. The van der Waals surface area contributed by atoms with Crippen molar-refractivity contribution < 1.29 is 61.5 Å². The van der Waals surface area contributed by atoms with Gasteiger partial charge in [-0.2, -0.15) is 0 Å². The van der Waals surface area contributed by atoms with Crippen molar-refractivity contribution in [2.75, 3.05) is 13.2 Å². The van der Waals surface area contributed by atoms with Crippen LogP contribution in [0.3, 0.4) is 0 Å². The molecule has 8 rings (SSSR count). The summed E-state index contributed by atoms with van der Waals surface area (Å²) in [6.07, 6.45) is -2.71. The van der Waals surface area contributed by atoms with Crippen molar-refractivity contribution in [3.8, 4) is 17.2 Å². The van der Waals surface area contributed by atoms with E-state index in [1.54, 1.807) is 97.1 Å². The molecule has 1 aromatic heterocycles. The number of allylic oxidation sites excluding steroid dienone is 1. The molecule has 1 aliphatic rings. The number of ether oxygens (including phenoxy) is 8. The van der Waals surface area contributed by atoms with Crippen molar-refractivity contribution in [2.24, 2.45) is 0 Å². The molecule has 0 unspecified atom stereocenters. The summed E-state index contributed by atoms with van der Waals surface area (Å²) in [6.45, 7) is 1.73. The van der Waals surface area contributed by atoms with Gasteiger partial charge in [-0.05, 0) is 79.1 Å². The molecule has 0 amide bonds. The lowest BCUT2D eigenvalue weighted by Crippen LogP contribution is -2.63. The summed E-state index contributed by atoms with van der Waals surface area (Å²) in [6, 6.07) is 46.2. The zero-order valence-corrected chi connectivity index (χ0v) is 38.0. The van der Waals surface area contributed by atoms with E-state index in [0.717, 1.165) is 12.0 Å². The molecule has 7 aromatic rings. The average molecular weight is 945 g/mol. The van der Waals surface area contributed by atoms with Crippen LogP contribution in [0.4, 0.5) is 0 Å². The van der Waals surface area contributed by atoms with Gasteiger partial charge in [-0.1, -0.05) is 122 Å². The van der Waals surface area contributed by atoms with Crippen LogP contribution in [-0.4, -0.2) is 67.8 Å². The van der Waals surface area contributed by atoms with Crippen LogP contribution < -0.4 is 19.8 Å². The fourth-order valence-corrected chi connectivity index (χ4v) is 7.48. The zero-order chi connectivity index (χ0) is 48.7. The molecule has 14 nitrogen and oxygen atoms in total. The molecule has 0 N–H and O–H groups in total. The van der Waals surface area contributed by atoms with E-state index < -0.39 is 66.8 Å². The normalized spacial score (nSPS) is 17.5. The maximum absolute atomic E-state index is 14.1. The number of carbonyl (C=O) groups is 4. The van der Waals surface area contributed by atoms with Gasteiger partial charge in [0.1, 0.15) is 30.7 Å². The third-order valence-electron chi connectivity index (χ3n) is 10.9. The van der Waals surface area contributed by atoms with Gasteiger partial charge in [0.05, 0.1) is 34.2 Å². The highest BCUT2D eigenvalue weighted by atomic mass is 16.7. The van der Waals surface area contributed by atoms with Gasteiger partial charge in [0.2, 0.25) is 18.1 Å². The Balaban J connectivity index is 1.20. The van der Waals surface area contributed by atoms with Crippen LogP contribution in [0.15, 0.2) is 191 Å². The van der Waals surface area contributed by atoms with E-state index in [1.807, 2.05) is 49.4 Å². The number of rotatable bonds is 19. The smallest absolute Gasteiger partial charge is 0.383 e.